The molecule has 1 aromatic carbocycles. The van der Waals surface area contributed by atoms with Crippen molar-refractivity contribution in [3.63, 3.8) is 0 Å². The summed E-state index contributed by atoms with van der Waals surface area (Å²) < 4.78 is 44.2. The van der Waals surface area contributed by atoms with Crippen molar-refractivity contribution in [1.29, 1.82) is 0 Å². The molecule has 3 fully saturated rings. The Labute approximate surface area is 195 Å². The number of nitrogens with zero attached hydrogens (tertiary/aromatic N) is 2. The van der Waals surface area contributed by atoms with E-state index in [1.807, 2.05) is 6.92 Å². The molecule has 3 aliphatic heterocycles. The summed E-state index contributed by atoms with van der Waals surface area (Å²) >= 11 is 0. The van der Waals surface area contributed by atoms with E-state index in [4.69, 9.17) is 14.2 Å². The molecule has 1 aromatic rings. The van der Waals surface area contributed by atoms with Crippen LogP contribution in [-0.2, 0) is 29.0 Å². The van der Waals surface area contributed by atoms with Crippen molar-refractivity contribution in [2.75, 3.05) is 76.3 Å². The molecule has 0 saturated carbocycles. The minimum absolute atomic E-state index is 0.00772. The van der Waals surface area contributed by atoms with E-state index in [2.05, 4.69) is 10.6 Å². The van der Waals surface area contributed by atoms with Gasteiger partial charge in [0, 0.05) is 39.3 Å². The lowest BCUT2D eigenvalue weighted by Gasteiger charge is -2.31. The molecule has 0 aromatic heterocycles. The predicted octanol–water partition coefficient (Wildman–Crippen LogP) is 0.958. The molecule has 0 aliphatic carbocycles. The number of hydrogen-bond donors (Lipinski definition) is 2. The van der Waals surface area contributed by atoms with Crippen molar-refractivity contribution >= 4 is 27.3 Å². The van der Waals surface area contributed by atoms with Gasteiger partial charge in [-0.15, -0.1) is 0 Å². The molecule has 2 atom stereocenters. The topological polar surface area (TPSA) is 109 Å². The van der Waals surface area contributed by atoms with Gasteiger partial charge in [-0.05, 0) is 38.0 Å². The lowest BCUT2D eigenvalue weighted by Crippen LogP contribution is -2.46. The van der Waals surface area contributed by atoms with Crippen molar-refractivity contribution in [2.45, 2.75) is 36.9 Å². The number of amides is 1. The summed E-state index contributed by atoms with van der Waals surface area (Å²) in [6.45, 7) is 6.47. The molecule has 1 amide bonds. The largest absolute Gasteiger partial charge is 0.381 e. The number of nitrogens with one attached hydrogen (secondary N) is 2. The molecule has 10 nitrogen and oxygen atoms in total. The van der Waals surface area contributed by atoms with Gasteiger partial charge in [0.05, 0.1) is 54.8 Å². The lowest BCUT2D eigenvalue weighted by molar-refractivity contribution is -0.136. The summed E-state index contributed by atoms with van der Waals surface area (Å²) in [6, 6.07) is 4.98. The van der Waals surface area contributed by atoms with Crippen LogP contribution in [0.3, 0.4) is 0 Å². The Morgan fingerprint density at radius 1 is 1.06 bits per heavy atom. The molecule has 3 heterocycles. The van der Waals surface area contributed by atoms with Crippen LogP contribution in [0.2, 0.25) is 0 Å². The number of sulfonamides is 1. The van der Waals surface area contributed by atoms with Crippen LogP contribution in [0.1, 0.15) is 19.8 Å². The number of morpholine rings is 2. The Balaban J connectivity index is 1.50. The molecule has 2 N–H and O–H groups in total. The van der Waals surface area contributed by atoms with Crippen molar-refractivity contribution < 1.29 is 27.4 Å². The van der Waals surface area contributed by atoms with Crippen molar-refractivity contribution in [2.24, 2.45) is 0 Å². The Kier molecular flexibility index (Phi) is 8.07. The van der Waals surface area contributed by atoms with Crippen LogP contribution in [0.4, 0.5) is 11.4 Å². The van der Waals surface area contributed by atoms with E-state index in [1.165, 1.54) is 4.31 Å². The Bertz CT molecular complexity index is 915. The first kappa shape index (κ1) is 24.2. The maximum Gasteiger partial charge on any atom is 0.243 e. The number of carbonyl (C=O) groups excluding carboxylic acids is 1. The molecule has 11 heteroatoms. The molecular weight excluding hydrogens is 448 g/mol. The van der Waals surface area contributed by atoms with E-state index in [-0.39, 0.29) is 29.6 Å². The van der Waals surface area contributed by atoms with Crippen LogP contribution < -0.4 is 10.6 Å². The van der Waals surface area contributed by atoms with E-state index >= 15 is 0 Å². The van der Waals surface area contributed by atoms with Gasteiger partial charge in [-0.1, -0.05) is 0 Å². The molecule has 0 radical (unpaired) electrons. The van der Waals surface area contributed by atoms with Crippen molar-refractivity contribution in [1.82, 2.24) is 9.21 Å². The number of hydrogen-bond acceptors (Lipinski definition) is 8. The molecule has 184 valence electrons. The first-order valence-electron chi connectivity index (χ1n) is 11.6. The molecule has 3 saturated heterocycles. The van der Waals surface area contributed by atoms with Gasteiger partial charge < -0.3 is 29.7 Å². The van der Waals surface area contributed by atoms with Crippen LogP contribution >= 0.6 is 0 Å². The second-order valence-corrected chi connectivity index (χ2v) is 10.6. The van der Waals surface area contributed by atoms with Crippen molar-refractivity contribution in [3.8, 4) is 0 Å². The van der Waals surface area contributed by atoms with E-state index in [0.717, 1.165) is 25.1 Å². The summed E-state index contributed by atoms with van der Waals surface area (Å²) in [5.41, 5.74) is 1.33. The third kappa shape index (κ3) is 6.15. The third-order valence-electron chi connectivity index (χ3n) is 6.17. The summed E-state index contributed by atoms with van der Waals surface area (Å²) in [4.78, 5) is 14.7. The fourth-order valence-electron chi connectivity index (χ4n) is 4.28. The second kappa shape index (κ2) is 11.0. The smallest absolute Gasteiger partial charge is 0.243 e. The predicted molar refractivity (Wildman–Crippen MR) is 124 cm³/mol. The number of anilines is 2. The zero-order valence-corrected chi connectivity index (χ0v) is 19.9. The van der Waals surface area contributed by atoms with Gasteiger partial charge in [-0.3, -0.25) is 4.79 Å². The first-order chi connectivity index (χ1) is 15.9. The molecular formula is C22H34N4O6S. The van der Waals surface area contributed by atoms with E-state index in [9.17, 15) is 13.2 Å². The number of benzene rings is 1. The van der Waals surface area contributed by atoms with Crippen LogP contribution in [0.15, 0.2) is 23.1 Å². The van der Waals surface area contributed by atoms with Gasteiger partial charge in [0.1, 0.15) is 0 Å². The van der Waals surface area contributed by atoms with Crippen molar-refractivity contribution in [3.05, 3.63) is 18.2 Å². The minimum atomic E-state index is -3.65. The van der Waals surface area contributed by atoms with E-state index in [0.29, 0.717) is 58.2 Å². The zero-order chi connectivity index (χ0) is 23.3. The van der Waals surface area contributed by atoms with Crippen LogP contribution in [-0.4, -0.2) is 101 Å². The summed E-state index contributed by atoms with van der Waals surface area (Å²) in [6.07, 6.45) is 2.17. The highest BCUT2D eigenvalue weighted by atomic mass is 32.2. The monoisotopic (exact) mass is 482 g/mol. The van der Waals surface area contributed by atoms with E-state index in [1.54, 1.807) is 23.1 Å². The average Bonchev–Trinajstić information content (AvgIpc) is 3.35. The molecule has 3 aliphatic rings. The summed E-state index contributed by atoms with van der Waals surface area (Å²) in [5.74, 6) is -0.0448. The normalized spacial score (nSPS) is 24.6. The number of rotatable bonds is 8. The lowest BCUT2D eigenvalue weighted by atomic mass is 10.2. The maximum atomic E-state index is 13.2. The average molecular weight is 483 g/mol. The molecule has 2 unspecified atom stereocenters. The zero-order valence-electron chi connectivity index (χ0n) is 19.1. The second-order valence-electron chi connectivity index (χ2n) is 8.61. The minimum Gasteiger partial charge on any atom is -0.381 e. The number of ether oxygens (including phenoxy) is 3. The molecule has 33 heavy (non-hydrogen) atoms. The quantitative estimate of drug-likeness (QED) is 0.564. The highest BCUT2D eigenvalue weighted by Gasteiger charge is 2.28. The van der Waals surface area contributed by atoms with Crippen LogP contribution in [0.5, 0.6) is 0 Å². The standard InChI is InChI=1S/C22H34N4O6S/c1-17-16-25(6-12-31-17)22(27)15-24-21-13-19(33(28,29)26-7-10-30-11-8-26)4-5-20(21)23-14-18-3-2-9-32-18/h4-5,13,17-18,23-24H,2-3,6-12,14-16H2,1H3. The fraction of sp³-hybridized carbons (Fsp3) is 0.682. The van der Waals surface area contributed by atoms with Gasteiger partial charge in [0.15, 0.2) is 0 Å². The van der Waals surface area contributed by atoms with Crippen LogP contribution in [0.25, 0.3) is 0 Å². The summed E-state index contributed by atoms with van der Waals surface area (Å²) in [5, 5.41) is 6.54. The van der Waals surface area contributed by atoms with Gasteiger partial charge in [-0.25, -0.2) is 8.42 Å². The molecule has 4 rings (SSSR count). The summed E-state index contributed by atoms with van der Waals surface area (Å²) in [7, 11) is -3.65. The highest BCUT2D eigenvalue weighted by Crippen LogP contribution is 2.28. The molecule has 0 bridgehead atoms. The van der Waals surface area contributed by atoms with Gasteiger partial charge in [0.2, 0.25) is 15.9 Å². The van der Waals surface area contributed by atoms with Gasteiger partial charge in [0.25, 0.3) is 0 Å². The maximum absolute atomic E-state index is 13.2. The SMILES string of the molecule is CC1CN(C(=O)CNc2cc(S(=O)(=O)N3CCOCC3)ccc2NCC2CCCO2)CCO1. The van der Waals surface area contributed by atoms with Crippen LogP contribution in [0, 0.1) is 0 Å². The van der Waals surface area contributed by atoms with E-state index < -0.39 is 10.0 Å². The molecule has 0 spiro atoms. The number of carbonyl (C=O) groups is 1. The Morgan fingerprint density at radius 2 is 1.88 bits per heavy atom. The highest BCUT2D eigenvalue weighted by molar-refractivity contribution is 7.89. The van der Waals surface area contributed by atoms with Gasteiger partial charge >= 0.3 is 0 Å². The Hall–Kier alpha value is -1.92. The Morgan fingerprint density at radius 3 is 2.61 bits per heavy atom. The first-order valence-corrected chi connectivity index (χ1v) is 13.1. The third-order valence-corrected chi connectivity index (χ3v) is 8.06. The van der Waals surface area contributed by atoms with Gasteiger partial charge in [-0.2, -0.15) is 4.31 Å². The fourth-order valence-corrected chi connectivity index (χ4v) is 5.71.